The second-order valence-electron chi connectivity index (χ2n) is 8.71. The molecule has 1 unspecified atom stereocenters. The van der Waals surface area contributed by atoms with Crippen LogP contribution in [0.4, 0.5) is 11.4 Å². The average Bonchev–Trinajstić information content (AvgIpc) is 3.20. The van der Waals surface area contributed by atoms with Crippen LogP contribution in [0.2, 0.25) is 0 Å². The number of anilines is 2. The SMILES string of the molecule is CC(C)c1ccc(NC2CCCN(C(=O)c3cccc(N4CCCC4=O)c3)C2)cc1. The maximum atomic E-state index is 13.2. The summed E-state index contributed by atoms with van der Waals surface area (Å²) in [6.45, 7) is 6.60. The van der Waals surface area contributed by atoms with Gasteiger partial charge in [0.2, 0.25) is 5.91 Å². The highest BCUT2D eigenvalue weighted by Gasteiger charge is 2.26. The molecule has 2 aromatic rings. The van der Waals surface area contributed by atoms with E-state index in [4.69, 9.17) is 0 Å². The molecular weight excluding hydrogens is 374 g/mol. The van der Waals surface area contributed by atoms with Gasteiger partial charge in [0, 0.05) is 49.0 Å². The lowest BCUT2D eigenvalue weighted by molar-refractivity contribution is -0.117. The summed E-state index contributed by atoms with van der Waals surface area (Å²) >= 11 is 0. The van der Waals surface area contributed by atoms with Gasteiger partial charge in [0.05, 0.1) is 0 Å². The van der Waals surface area contributed by atoms with Gasteiger partial charge in [-0.3, -0.25) is 9.59 Å². The summed E-state index contributed by atoms with van der Waals surface area (Å²) in [4.78, 5) is 28.9. The van der Waals surface area contributed by atoms with Crippen molar-refractivity contribution in [3.8, 4) is 0 Å². The molecular formula is C25H31N3O2. The molecule has 2 aliphatic heterocycles. The van der Waals surface area contributed by atoms with E-state index < -0.39 is 0 Å². The smallest absolute Gasteiger partial charge is 0.253 e. The largest absolute Gasteiger partial charge is 0.381 e. The zero-order valence-electron chi connectivity index (χ0n) is 17.9. The molecule has 2 aromatic carbocycles. The van der Waals surface area contributed by atoms with Crippen molar-refractivity contribution in [3.63, 3.8) is 0 Å². The van der Waals surface area contributed by atoms with Crippen molar-refractivity contribution in [1.82, 2.24) is 4.90 Å². The molecule has 2 saturated heterocycles. The third-order valence-corrected chi connectivity index (χ3v) is 6.13. The Morgan fingerprint density at radius 2 is 1.87 bits per heavy atom. The molecule has 0 saturated carbocycles. The van der Waals surface area contributed by atoms with Gasteiger partial charge in [-0.2, -0.15) is 0 Å². The van der Waals surface area contributed by atoms with Gasteiger partial charge in [0.15, 0.2) is 0 Å². The summed E-state index contributed by atoms with van der Waals surface area (Å²) < 4.78 is 0. The molecule has 0 bridgehead atoms. The van der Waals surface area contributed by atoms with E-state index in [-0.39, 0.29) is 17.9 Å². The first-order valence-electron chi connectivity index (χ1n) is 11.1. The highest BCUT2D eigenvalue weighted by Crippen LogP contribution is 2.24. The number of carbonyl (C=O) groups excluding carboxylic acids is 2. The number of nitrogens with one attached hydrogen (secondary N) is 1. The molecule has 2 fully saturated rings. The third-order valence-electron chi connectivity index (χ3n) is 6.13. The van der Waals surface area contributed by atoms with Crippen LogP contribution in [0, 0.1) is 0 Å². The number of likely N-dealkylation sites (tertiary alicyclic amines) is 1. The standard InChI is InChI=1S/C25H31N3O2/c1-18(2)19-10-12-21(13-11-19)26-22-7-4-14-27(17-22)25(30)20-6-3-8-23(16-20)28-15-5-9-24(28)29/h3,6,8,10-13,16,18,22,26H,4-5,7,9,14-15,17H2,1-2H3. The molecule has 0 aromatic heterocycles. The van der Waals surface area contributed by atoms with E-state index in [1.165, 1.54) is 5.56 Å². The molecule has 2 aliphatic rings. The Hall–Kier alpha value is -2.82. The molecule has 1 N–H and O–H groups in total. The van der Waals surface area contributed by atoms with Crippen molar-refractivity contribution < 1.29 is 9.59 Å². The Labute approximate surface area is 179 Å². The summed E-state index contributed by atoms with van der Waals surface area (Å²) in [5.74, 6) is 0.712. The average molecular weight is 406 g/mol. The van der Waals surface area contributed by atoms with E-state index in [0.29, 0.717) is 24.4 Å². The molecule has 2 amide bonds. The lowest BCUT2D eigenvalue weighted by Gasteiger charge is -2.34. The van der Waals surface area contributed by atoms with Gasteiger partial charge in [0.25, 0.3) is 5.91 Å². The minimum Gasteiger partial charge on any atom is -0.381 e. The van der Waals surface area contributed by atoms with Crippen LogP contribution in [-0.2, 0) is 4.79 Å². The van der Waals surface area contributed by atoms with Crippen molar-refractivity contribution in [2.24, 2.45) is 0 Å². The summed E-state index contributed by atoms with van der Waals surface area (Å²) in [5.41, 5.74) is 3.93. The summed E-state index contributed by atoms with van der Waals surface area (Å²) in [6, 6.07) is 16.4. The lowest BCUT2D eigenvalue weighted by atomic mass is 10.0. The number of hydrogen-bond acceptors (Lipinski definition) is 3. The van der Waals surface area contributed by atoms with Crippen LogP contribution >= 0.6 is 0 Å². The molecule has 4 rings (SSSR count). The number of hydrogen-bond donors (Lipinski definition) is 1. The van der Waals surface area contributed by atoms with Crippen LogP contribution in [-0.4, -0.2) is 42.4 Å². The molecule has 30 heavy (non-hydrogen) atoms. The van der Waals surface area contributed by atoms with Crippen molar-refractivity contribution in [3.05, 3.63) is 59.7 Å². The number of amides is 2. The molecule has 1 atom stereocenters. The van der Waals surface area contributed by atoms with E-state index in [1.54, 1.807) is 4.90 Å². The number of benzene rings is 2. The van der Waals surface area contributed by atoms with E-state index in [1.807, 2.05) is 29.2 Å². The normalized spacial score (nSPS) is 19.4. The van der Waals surface area contributed by atoms with Gasteiger partial charge in [-0.05, 0) is 61.1 Å². The number of carbonyl (C=O) groups is 2. The van der Waals surface area contributed by atoms with Crippen LogP contribution in [0.15, 0.2) is 48.5 Å². The molecule has 5 nitrogen and oxygen atoms in total. The Morgan fingerprint density at radius 1 is 1.07 bits per heavy atom. The number of piperidine rings is 1. The zero-order valence-corrected chi connectivity index (χ0v) is 17.9. The third kappa shape index (κ3) is 4.50. The van der Waals surface area contributed by atoms with Crippen LogP contribution in [0.5, 0.6) is 0 Å². The van der Waals surface area contributed by atoms with E-state index in [0.717, 1.165) is 43.7 Å². The van der Waals surface area contributed by atoms with Crippen LogP contribution in [0.3, 0.4) is 0 Å². The quantitative estimate of drug-likeness (QED) is 0.788. The summed E-state index contributed by atoms with van der Waals surface area (Å²) in [7, 11) is 0. The van der Waals surface area contributed by atoms with Gasteiger partial charge in [-0.25, -0.2) is 0 Å². The minimum absolute atomic E-state index is 0.0464. The first-order valence-corrected chi connectivity index (χ1v) is 11.1. The molecule has 2 heterocycles. The van der Waals surface area contributed by atoms with Crippen molar-refractivity contribution in [2.45, 2.75) is 51.5 Å². The predicted molar refractivity (Wildman–Crippen MR) is 121 cm³/mol. The van der Waals surface area contributed by atoms with E-state index >= 15 is 0 Å². The summed E-state index contributed by atoms with van der Waals surface area (Å²) in [6.07, 6.45) is 3.51. The van der Waals surface area contributed by atoms with Crippen molar-refractivity contribution in [2.75, 3.05) is 29.9 Å². The molecule has 0 spiro atoms. The highest BCUT2D eigenvalue weighted by molar-refractivity contribution is 5.99. The second-order valence-corrected chi connectivity index (χ2v) is 8.71. The van der Waals surface area contributed by atoms with Gasteiger partial charge in [0.1, 0.15) is 0 Å². The van der Waals surface area contributed by atoms with Gasteiger partial charge in [-0.15, -0.1) is 0 Å². The highest BCUT2D eigenvalue weighted by atomic mass is 16.2. The monoisotopic (exact) mass is 405 g/mol. The van der Waals surface area contributed by atoms with Crippen molar-refractivity contribution >= 4 is 23.2 Å². The van der Waals surface area contributed by atoms with Gasteiger partial charge >= 0.3 is 0 Å². The van der Waals surface area contributed by atoms with Gasteiger partial charge in [-0.1, -0.05) is 32.0 Å². The Morgan fingerprint density at radius 3 is 2.57 bits per heavy atom. The molecule has 0 radical (unpaired) electrons. The van der Waals surface area contributed by atoms with E-state index in [9.17, 15) is 9.59 Å². The first kappa shape index (κ1) is 20.5. The fourth-order valence-corrected chi connectivity index (χ4v) is 4.39. The first-order chi connectivity index (χ1) is 14.5. The maximum Gasteiger partial charge on any atom is 0.253 e. The minimum atomic E-state index is 0.0464. The molecule has 158 valence electrons. The van der Waals surface area contributed by atoms with E-state index in [2.05, 4.69) is 43.4 Å². The Bertz CT molecular complexity index is 907. The van der Waals surface area contributed by atoms with Gasteiger partial charge < -0.3 is 15.1 Å². The van der Waals surface area contributed by atoms with Crippen LogP contribution < -0.4 is 10.2 Å². The lowest BCUT2D eigenvalue weighted by Crippen LogP contribution is -2.45. The second kappa shape index (κ2) is 8.90. The van der Waals surface area contributed by atoms with Crippen LogP contribution in [0.25, 0.3) is 0 Å². The van der Waals surface area contributed by atoms with Crippen molar-refractivity contribution in [1.29, 1.82) is 0 Å². The maximum absolute atomic E-state index is 13.2. The number of rotatable bonds is 5. The number of nitrogens with zero attached hydrogens (tertiary/aromatic N) is 2. The Kier molecular flexibility index (Phi) is 6.07. The topological polar surface area (TPSA) is 52.7 Å². The summed E-state index contributed by atoms with van der Waals surface area (Å²) in [5, 5.41) is 3.60. The fraction of sp³-hybridized carbons (Fsp3) is 0.440. The fourth-order valence-electron chi connectivity index (χ4n) is 4.39. The molecule has 0 aliphatic carbocycles. The molecule has 5 heteroatoms. The Balaban J connectivity index is 1.41. The predicted octanol–water partition coefficient (Wildman–Crippen LogP) is 4.65. The van der Waals surface area contributed by atoms with Crippen LogP contribution in [0.1, 0.15) is 61.4 Å². The zero-order chi connectivity index (χ0) is 21.1.